The number of halogens is 1. The average molecular weight is 333 g/mol. The van der Waals surface area contributed by atoms with E-state index in [9.17, 15) is 9.18 Å². The van der Waals surface area contributed by atoms with E-state index in [4.69, 9.17) is 0 Å². The zero-order chi connectivity index (χ0) is 17.6. The van der Waals surface area contributed by atoms with Gasteiger partial charge in [0, 0.05) is 36.6 Å². The summed E-state index contributed by atoms with van der Waals surface area (Å²) in [6.07, 6.45) is 1.51. The van der Waals surface area contributed by atoms with Crippen LogP contribution in [0.25, 0.3) is 22.3 Å². The molecule has 0 saturated carbocycles. The minimum atomic E-state index is -0.504. The summed E-state index contributed by atoms with van der Waals surface area (Å²) in [5.41, 5.74) is 5.89. The van der Waals surface area contributed by atoms with Gasteiger partial charge in [0.15, 0.2) is 0 Å². The van der Waals surface area contributed by atoms with Gasteiger partial charge in [-0.3, -0.25) is 4.79 Å². The van der Waals surface area contributed by atoms with E-state index in [0.29, 0.717) is 12.2 Å². The summed E-state index contributed by atoms with van der Waals surface area (Å²) in [4.78, 5) is 22.5. The van der Waals surface area contributed by atoms with E-state index in [-0.39, 0.29) is 5.91 Å². The van der Waals surface area contributed by atoms with Crippen molar-refractivity contribution in [3.63, 3.8) is 0 Å². The van der Waals surface area contributed by atoms with Crippen LogP contribution < -0.4 is 0 Å². The van der Waals surface area contributed by atoms with Crippen molar-refractivity contribution in [3.05, 3.63) is 71.6 Å². The molecule has 0 atom stereocenters. The van der Waals surface area contributed by atoms with Crippen LogP contribution in [0, 0.1) is 12.9 Å². The lowest BCUT2D eigenvalue weighted by molar-refractivity contribution is 0.0782. The molecule has 4 nitrogen and oxygen atoms in total. The molecule has 5 heteroatoms. The molecule has 0 unspecified atom stereocenters. The molecule has 124 valence electrons. The second-order valence-electron chi connectivity index (χ2n) is 6.25. The van der Waals surface area contributed by atoms with Crippen LogP contribution in [-0.2, 0) is 6.54 Å². The largest absolute Gasteiger partial charge is 0.336 e. The summed E-state index contributed by atoms with van der Waals surface area (Å²) in [5, 5.41) is 0. The van der Waals surface area contributed by atoms with Crippen LogP contribution in [0.4, 0.5) is 4.39 Å². The highest BCUT2D eigenvalue weighted by Gasteiger charge is 2.25. The van der Waals surface area contributed by atoms with Crippen molar-refractivity contribution < 1.29 is 9.18 Å². The van der Waals surface area contributed by atoms with Crippen molar-refractivity contribution in [2.45, 2.75) is 13.5 Å². The van der Waals surface area contributed by atoms with Crippen molar-refractivity contribution in [1.29, 1.82) is 0 Å². The molecule has 1 amide bonds. The number of aromatic nitrogens is 2. The molecule has 0 aliphatic carbocycles. The Hall–Kier alpha value is -3.08. The van der Waals surface area contributed by atoms with Crippen LogP contribution in [0.2, 0.25) is 0 Å². The van der Waals surface area contributed by atoms with Crippen molar-refractivity contribution in [2.75, 3.05) is 7.05 Å². The zero-order valence-electron chi connectivity index (χ0n) is 14.0. The zero-order valence-corrected chi connectivity index (χ0v) is 14.0. The van der Waals surface area contributed by atoms with E-state index in [1.165, 1.54) is 12.3 Å². The third-order valence-corrected chi connectivity index (χ3v) is 4.45. The molecule has 1 aliphatic heterocycles. The van der Waals surface area contributed by atoms with E-state index in [1.807, 2.05) is 37.3 Å². The van der Waals surface area contributed by atoms with E-state index in [1.54, 1.807) is 18.0 Å². The Labute approximate surface area is 145 Å². The van der Waals surface area contributed by atoms with Crippen molar-refractivity contribution in [1.82, 2.24) is 14.9 Å². The monoisotopic (exact) mass is 333 g/mol. The topological polar surface area (TPSA) is 46.1 Å². The van der Waals surface area contributed by atoms with E-state index < -0.39 is 5.95 Å². The number of fused-ring (bicyclic) bond motifs is 3. The molecule has 1 aliphatic rings. The van der Waals surface area contributed by atoms with Gasteiger partial charge < -0.3 is 4.90 Å². The summed E-state index contributed by atoms with van der Waals surface area (Å²) < 4.78 is 13.1. The minimum Gasteiger partial charge on any atom is -0.336 e. The molecule has 2 aromatic heterocycles. The van der Waals surface area contributed by atoms with Gasteiger partial charge >= 0.3 is 0 Å². The maximum absolute atomic E-state index is 13.1. The maximum Gasteiger partial charge on any atom is 0.273 e. The second kappa shape index (κ2) is 5.77. The fourth-order valence-corrected chi connectivity index (χ4v) is 3.14. The molecular formula is C20H16FN3O. The van der Waals surface area contributed by atoms with Gasteiger partial charge in [-0.1, -0.05) is 18.2 Å². The molecule has 0 spiro atoms. The van der Waals surface area contributed by atoms with Crippen molar-refractivity contribution in [2.24, 2.45) is 0 Å². The fourth-order valence-electron chi connectivity index (χ4n) is 3.14. The molecule has 4 rings (SSSR count). The number of hydrogen-bond donors (Lipinski definition) is 0. The van der Waals surface area contributed by atoms with Crippen molar-refractivity contribution in [3.8, 4) is 22.3 Å². The predicted molar refractivity (Wildman–Crippen MR) is 93.4 cm³/mol. The number of hydrogen-bond acceptors (Lipinski definition) is 3. The molecule has 0 radical (unpaired) electrons. The highest BCUT2D eigenvalue weighted by molar-refractivity contribution is 6.01. The van der Waals surface area contributed by atoms with Gasteiger partial charge in [0.05, 0.1) is 0 Å². The van der Waals surface area contributed by atoms with Gasteiger partial charge in [0.2, 0.25) is 5.95 Å². The number of nitrogens with zero attached hydrogens (tertiary/aromatic N) is 3. The number of carbonyl (C=O) groups excluding carboxylic acids is 1. The van der Waals surface area contributed by atoms with Gasteiger partial charge in [0.1, 0.15) is 5.69 Å². The number of rotatable bonds is 1. The van der Waals surface area contributed by atoms with Crippen LogP contribution >= 0.6 is 0 Å². The van der Waals surface area contributed by atoms with E-state index >= 15 is 0 Å². The van der Waals surface area contributed by atoms with Crippen LogP contribution in [0.1, 0.15) is 21.7 Å². The summed E-state index contributed by atoms with van der Waals surface area (Å²) in [6, 6.07) is 12.9. The van der Waals surface area contributed by atoms with E-state index in [0.717, 1.165) is 33.5 Å². The third kappa shape index (κ3) is 2.67. The van der Waals surface area contributed by atoms with Crippen LogP contribution in [0.15, 0.2) is 48.7 Å². The number of aryl methyl sites for hydroxylation is 1. The number of pyridine rings is 2. The Bertz CT molecular complexity index is 983. The Morgan fingerprint density at radius 1 is 1.04 bits per heavy atom. The average Bonchev–Trinajstić information content (AvgIpc) is 2.71. The van der Waals surface area contributed by atoms with Crippen LogP contribution in [-0.4, -0.2) is 27.8 Å². The first kappa shape index (κ1) is 15.4. The number of amides is 1. The third-order valence-electron chi connectivity index (χ3n) is 4.45. The van der Waals surface area contributed by atoms with Gasteiger partial charge in [-0.15, -0.1) is 0 Å². The lowest BCUT2D eigenvalue weighted by Crippen LogP contribution is -2.25. The molecule has 1 aromatic carbocycles. The molecule has 3 aromatic rings. The van der Waals surface area contributed by atoms with Gasteiger partial charge in [-0.05, 0) is 47.9 Å². The summed E-state index contributed by atoms with van der Waals surface area (Å²) >= 11 is 0. The molecule has 25 heavy (non-hydrogen) atoms. The maximum atomic E-state index is 13.1. The SMILES string of the molecule is Cc1ccc2c(n1)C(=O)N(C)Cc1ccc(-c3ccc(F)nc3)cc1-2. The first-order valence-corrected chi connectivity index (χ1v) is 8.01. The number of carbonyl (C=O) groups is 1. The Balaban J connectivity index is 1.93. The standard InChI is InChI=1S/C20H16FN3O/c1-12-3-7-16-17-9-13(14-6-8-18(21)22-10-14)4-5-15(17)11-24(2)20(25)19(16)23-12/h3-10H,11H2,1-2H3. The van der Waals surface area contributed by atoms with Crippen molar-refractivity contribution >= 4 is 5.91 Å². The van der Waals surface area contributed by atoms with E-state index in [2.05, 4.69) is 9.97 Å². The molecule has 0 N–H and O–H groups in total. The smallest absolute Gasteiger partial charge is 0.273 e. The Kier molecular flexibility index (Phi) is 3.57. The molecule has 0 bridgehead atoms. The summed E-state index contributed by atoms with van der Waals surface area (Å²) in [7, 11) is 1.78. The fraction of sp³-hybridized carbons (Fsp3) is 0.150. The lowest BCUT2D eigenvalue weighted by Gasteiger charge is -2.14. The molecule has 3 heterocycles. The molecule has 0 fully saturated rings. The highest BCUT2D eigenvalue weighted by Crippen LogP contribution is 2.34. The minimum absolute atomic E-state index is 0.0834. The predicted octanol–water partition coefficient (Wildman–Crippen LogP) is 3.84. The first-order chi connectivity index (χ1) is 12.0. The first-order valence-electron chi connectivity index (χ1n) is 8.01. The van der Waals surface area contributed by atoms with Gasteiger partial charge in [-0.25, -0.2) is 9.97 Å². The Morgan fingerprint density at radius 3 is 2.60 bits per heavy atom. The Morgan fingerprint density at radius 2 is 1.84 bits per heavy atom. The quantitative estimate of drug-likeness (QED) is 0.636. The van der Waals surface area contributed by atoms with Crippen LogP contribution in [0.3, 0.4) is 0 Å². The highest BCUT2D eigenvalue weighted by atomic mass is 19.1. The molecule has 0 saturated heterocycles. The normalized spacial score (nSPS) is 13.2. The van der Waals surface area contributed by atoms with Crippen LogP contribution in [0.5, 0.6) is 0 Å². The lowest BCUT2D eigenvalue weighted by atomic mass is 9.95. The summed E-state index contributed by atoms with van der Waals surface area (Å²) in [6.45, 7) is 2.39. The summed E-state index contributed by atoms with van der Waals surface area (Å²) in [5.74, 6) is -0.587. The second-order valence-corrected chi connectivity index (χ2v) is 6.25. The van der Waals surface area contributed by atoms with Gasteiger partial charge in [-0.2, -0.15) is 4.39 Å². The molecular weight excluding hydrogens is 317 g/mol. The number of benzene rings is 1. The van der Waals surface area contributed by atoms with Gasteiger partial charge in [0.25, 0.3) is 5.91 Å².